The molecule has 0 N–H and O–H groups in total. The predicted molar refractivity (Wildman–Crippen MR) is 44.3 cm³/mol. The van der Waals surface area contributed by atoms with Crippen molar-refractivity contribution in [3.05, 3.63) is 17.5 Å². The molecule has 0 saturated carbocycles. The maximum absolute atomic E-state index is 12.0. The van der Waals surface area contributed by atoms with E-state index in [1.54, 1.807) is 20.2 Å². The lowest BCUT2D eigenvalue weighted by atomic mass is 10.3. The molecule has 1 heterocycles. The largest absolute Gasteiger partial charge is 0.282 e. The molecule has 1 aromatic heterocycles. The lowest BCUT2D eigenvalue weighted by molar-refractivity contribution is 0.144. The monoisotopic (exact) mass is 176 g/mol. The van der Waals surface area contributed by atoms with E-state index in [0.29, 0.717) is 5.56 Å². The van der Waals surface area contributed by atoms with Crippen LogP contribution in [0.1, 0.15) is 31.5 Å². The second-order valence-corrected chi connectivity index (χ2v) is 2.17. The standard InChI is InChI=1S/C6H8F2N2.C2H6/c1-4-3-10(2)9-5(4)6(7)8;1-2/h3,6H,1-2H3;1-2H3. The molecule has 0 fully saturated rings. The fourth-order valence-electron chi connectivity index (χ4n) is 0.840. The van der Waals surface area contributed by atoms with Crippen LogP contribution in [-0.4, -0.2) is 9.78 Å². The van der Waals surface area contributed by atoms with Gasteiger partial charge in [0.05, 0.1) is 0 Å². The lowest BCUT2D eigenvalue weighted by Crippen LogP contribution is -1.91. The second-order valence-electron chi connectivity index (χ2n) is 2.17. The van der Waals surface area contributed by atoms with E-state index in [1.807, 2.05) is 13.8 Å². The summed E-state index contributed by atoms with van der Waals surface area (Å²) in [7, 11) is 1.62. The molecule has 0 unspecified atom stereocenters. The van der Waals surface area contributed by atoms with Crippen LogP contribution in [-0.2, 0) is 7.05 Å². The number of halogens is 2. The Balaban J connectivity index is 0.000000561. The van der Waals surface area contributed by atoms with E-state index in [4.69, 9.17) is 0 Å². The molecule has 0 aliphatic carbocycles. The van der Waals surface area contributed by atoms with Gasteiger partial charge in [-0.05, 0) is 12.5 Å². The molecule has 2 nitrogen and oxygen atoms in total. The highest BCUT2D eigenvalue weighted by molar-refractivity contribution is 5.15. The van der Waals surface area contributed by atoms with Gasteiger partial charge >= 0.3 is 0 Å². The van der Waals surface area contributed by atoms with Gasteiger partial charge in [-0.2, -0.15) is 5.10 Å². The number of aryl methyl sites for hydroxylation is 2. The lowest BCUT2D eigenvalue weighted by Gasteiger charge is -1.91. The fraction of sp³-hybridized carbons (Fsp3) is 0.625. The Morgan fingerprint density at radius 3 is 2.08 bits per heavy atom. The zero-order valence-corrected chi connectivity index (χ0v) is 7.81. The Labute approximate surface area is 71.2 Å². The highest BCUT2D eigenvalue weighted by Gasteiger charge is 2.13. The van der Waals surface area contributed by atoms with Crippen LogP contribution in [0.15, 0.2) is 6.20 Å². The average Bonchev–Trinajstić information content (AvgIpc) is 2.34. The van der Waals surface area contributed by atoms with Gasteiger partial charge in [-0.15, -0.1) is 0 Å². The van der Waals surface area contributed by atoms with Gasteiger partial charge in [0.15, 0.2) is 0 Å². The van der Waals surface area contributed by atoms with Crippen molar-refractivity contribution >= 4 is 0 Å². The smallest absolute Gasteiger partial charge is 0.275 e. The van der Waals surface area contributed by atoms with E-state index in [-0.39, 0.29) is 5.69 Å². The van der Waals surface area contributed by atoms with Crippen molar-refractivity contribution in [2.45, 2.75) is 27.2 Å². The molecule has 0 atom stereocenters. The van der Waals surface area contributed by atoms with Crippen molar-refractivity contribution in [2.75, 3.05) is 0 Å². The van der Waals surface area contributed by atoms with Crippen LogP contribution in [0.3, 0.4) is 0 Å². The van der Waals surface area contributed by atoms with E-state index in [1.165, 1.54) is 4.68 Å². The molecule has 70 valence electrons. The number of hydrogen-bond donors (Lipinski definition) is 0. The van der Waals surface area contributed by atoms with E-state index in [2.05, 4.69) is 5.10 Å². The molecular formula is C8H14F2N2. The minimum Gasteiger partial charge on any atom is -0.275 e. The first-order valence-corrected chi connectivity index (χ1v) is 3.89. The van der Waals surface area contributed by atoms with Gasteiger partial charge in [-0.3, -0.25) is 4.68 Å². The van der Waals surface area contributed by atoms with Gasteiger partial charge in [0.25, 0.3) is 6.43 Å². The fourth-order valence-corrected chi connectivity index (χ4v) is 0.840. The van der Waals surface area contributed by atoms with Crippen LogP contribution in [0.4, 0.5) is 8.78 Å². The summed E-state index contributed by atoms with van der Waals surface area (Å²) >= 11 is 0. The summed E-state index contributed by atoms with van der Waals surface area (Å²) in [6.07, 6.45) is -0.886. The predicted octanol–water partition coefficient (Wildman–Crippen LogP) is 2.69. The van der Waals surface area contributed by atoms with Gasteiger partial charge in [-0.25, -0.2) is 8.78 Å². The van der Waals surface area contributed by atoms with E-state index in [0.717, 1.165) is 0 Å². The number of nitrogens with zero attached hydrogens (tertiary/aromatic N) is 2. The van der Waals surface area contributed by atoms with Gasteiger partial charge in [0, 0.05) is 13.2 Å². The van der Waals surface area contributed by atoms with Gasteiger partial charge in [0.2, 0.25) is 0 Å². The molecule has 0 bridgehead atoms. The van der Waals surface area contributed by atoms with Crippen molar-refractivity contribution in [2.24, 2.45) is 7.05 Å². The first kappa shape index (κ1) is 11.1. The van der Waals surface area contributed by atoms with Crippen LogP contribution >= 0.6 is 0 Å². The van der Waals surface area contributed by atoms with Crippen molar-refractivity contribution in [3.8, 4) is 0 Å². The Bertz CT molecular complexity index is 231. The summed E-state index contributed by atoms with van der Waals surface area (Å²) in [6.45, 7) is 5.62. The summed E-state index contributed by atoms with van der Waals surface area (Å²) < 4.78 is 25.3. The second kappa shape index (κ2) is 4.85. The summed E-state index contributed by atoms with van der Waals surface area (Å²) in [5.74, 6) is 0. The van der Waals surface area contributed by atoms with E-state index in [9.17, 15) is 8.78 Å². The minimum absolute atomic E-state index is 0.123. The van der Waals surface area contributed by atoms with Gasteiger partial charge in [-0.1, -0.05) is 13.8 Å². The molecule has 1 aromatic rings. The number of hydrogen-bond acceptors (Lipinski definition) is 1. The minimum atomic E-state index is -2.46. The highest BCUT2D eigenvalue weighted by atomic mass is 19.3. The summed E-state index contributed by atoms with van der Waals surface area (Å²) in [5.41, 5.74) is 0.417. The zero-order valence-electron chi connectivity index (χ0n) is 7.81. The number of alkyl halides is 2. The molecule has 0 aliphatic heterocycles. The molecule has 0 amide bonds. The SMILES string of the molecule is CC.Cc1cn(C)nc1C(F)F. The molecule has 4 heteroatoms. The normalized spacial score (nSPS) is 9.58. The quantitative estimate of drug-likeness (QED) is 0.643. The Kier molecular flexibility index (Phi) is 4.47. The van der Waals surface area contributed by atoms with Crippen LogP contribution in [0.5, 0.6) is 0 Å². The van der Waals surface area contributed by atoms with Crippen molar-refractivity contribution in [1.82, 2.24) is 9.78 Å². The molecule has 0 aliphatic rings. The first-order valence-electron chi connectivity index (χ1n) is 3.89. The summed E-state index contributed by atoms with van der Waals surface area (Å²) in [4.78, 5) is 0. The molecular weight excluding hydrogens is 162 g/mol. The van der Waals surface area contributed by atoms with E-state index < -0.39 is 6.43 Å². The molecule has 0 spiro atoms. The Hall–Kier alpha value is -0.930. The summed E-state index contributed by atoms with van der Waals surface area (Å²) in [5, 5.41) is 3.58. The van der Waals surface area contributed by atoms with Crippen molar-refractivity contribution in [1.29, 1.82) is 0 Å². The third-order valence-corrected chi connectivity index (χ3v) is 1.26. The highest BCUT2D eigenvalue weighted by Crippen LogP contribution is 2.19. The van der Waals surface area contributed by atoms with Crippen LogP contribution in [0.25, 0.3) is 0 Å². The van der Waals surface area contributed by atoms with Gasteiger partial charge < -0.3 is 0 Å². The maximum Gasteiger partial charge on any atom is 0.282 e. The molecule has 0 saturated heterocycles. The van der Waals surface area contributed by atoms with Crippen LogP contribution in [0, 0.1) is 6.92 Å². The third-order valence-electron chi connectivity index (χ3n) is 1.26. The summed E-state index contributed by atoms with van der Waals surface area (Å²) in [6, 6.07) is 0. The zero-order chi connectivity index (χ0) is 9.72. The Morgan fingerprint density at radius 2 is 1.92 bits per heavy atom. The number of aromatic nitrogens is 2. The molecule has 1 rings (SSSR count). The molecule has 0 aromatic carbocycles. The van der Waals surface area contributed by atoms with E-state index >= 15 is 0 Å². The first-order chi connectivity index (χ1) is 5.61. The maximum atomic E-state index is 12.0. The van der Waals surface area contributed by atoms with Crippen LogP contribution in [0.2, 0.25) is 0 Å². The topological polar surface area (TPSA) is 17.8 Å². The number of rotatable bonds is 1. The molecule has 0 radical (unpaired) electrons. The molecule has 12 heavy (non-hydrogen) atoms. The van der Waals surface area contributed by atoms with Crippen LogP contribution < -0.4 is 0 Å². The average molecular weight is 176 g/mol. The van der Waals surface area contributed by atoms with Gasteiger partial charge in [0.1, 0.15) is 5.69 Å². The Morgan fingerprint density at radius 1 is 1.42 bits per heavy atom. The van der Waals surface area contributed by atoms with Crippen molar-refractivity contribution < 1.29 is 8.78 Å². The van der Waals surface area contributed by atoms with Crippen molar-refractivity contribution in [3.63, 3.8) is 0 Å². The third kappa shape index (κ3) is 2.60.